The predicted octanol–water partition coefficient (Wildman–Crippen LogP) is 6.93. The summed E-state index contributed by atoms with van der Waals surface area (Å²) in [5.74, 6) is 1.03. The Balaban J connectivity index is 1.74. The second-order valence-corrected chi connectivity index (χ2v) is 11.8. The number of hydrogen-bond acceptors (Lipinski definition) is 7. The molecule has 0 fully saturated rings. The summed E-state index contributed by atoms with van der Waals surface area (Å²) in [6.07, 6.45) is 6.02. The Morgan fingerprint density at radius 1 is 1.29 bits per heavy atom. The molecule has 4 rings (SSSR count). The van der Waals surface area contributed by atoms with E-state index in [-0.39, 0.29) is 17.0 Å². The van der Waals surface area contributed by atoms with Crippen LogP contribution in [0.4, 0.5) is 16.4 Å². The van der Waals surface area contributed by atoms with E-state index >= 15 is 0 Å². The molecular formula is C29H36N4O4S. The largest absolute Gasteiger partial charge is 0.467 e. The second kappa shape index (κ2) is 11.5. The smallest absolute Gasteiger partial charge is 0.270 e. The minimum Gasteiger partial charge on any atom is -0.467 e. The number of nitro groups is 1. The van der Waals surface area contributed by atoms with Crippen LogP contribution in [0.5, 0.6) is 0 Å². The van der Waals surface area contributed by atoms with Crippen LogP contribution >= 0.6 is 11.3 Å². The van der Waals surface area contributed by atoms with E-state index in [1.165, 1.54) is 10.9 Å². The number of nitrogens with zero attached hydrogens (tertiary/aromatic N) is 3. The molecule has 0 radical (unpaired) electrons. The van der Waals surface area contributed by atoms with E-state index in [1.54, 1.807) is 42.0 Å². The first-order chi connectivity index (χ1) is 18.1. The van der Waals surface area contributed by atoms with Gasteiger partial charge in [-0.3, -0.25) is 14.9 Å². The minimum absolute atomic E-state index is 0.0114. The topological polar surface area (TPSA) is 101 Å². The van der Waals surface area contributed by atoms with Crippen molar-refractivity contribution in [2.24, 2.45) is 16.3 Å². The van der Waals surface area contributed by atoms with Gasteiger partial charge in [0.05, 0.1) is 23.3 Å². The lowest BCUT2D eigenvalue weighted by Crippen LogP contribution is -2.28. The number of furan rings is 1. The first-order valence-electron chi connectivity index (χ1n) is 13.1. The van der Waals surface area contributed by atoms with Gasteiger partial charge >= 0.3 is 0 Å². The molecule has 202 valence electrons. The lowest BCUT2D eigenvalue weighted by Gasteiger charge is -2.33. The monoisotopic (exact) mass is 536 g/mol. The number of fused-ring (bicyclic) bond motifs is 1. The summed E-state index contributed by atoms with van der Waals surface area (Å²) in [6.45, 7) is 12.7. The number of thiophene rings is 1. The van der Waals surface area contributed by atoms with Crippen molar-refractivity contribution in [2.75, 3.05) is 18.0 Å². The van der Waals surface area contributed by atoms with E-state index < -0.39 is 4.92 Å². The van der Waals surface area contributed by atoms with Gasteiger partial charge in [0, 0.05) is 47.6 Å². The fourth-order valence-corrected chi connectivity index (χ4v) is 6.31. The third-order valence-electron chi connectivity index (χ3n) is 7.35. The molecule has 0 aliphatic heterocycles. The van der Waals surface area contributed by atoms with Crippen molar-refractivity contribution >= 4 is 39.8 Å². The van der Waals surface area contributed by atoms with Crippen molar-refractivity contribution < 1.29 is 14.1 Å². The number of amides is 1. The Kier molecular flexibility index (Phi) is 8.35. The van der Waals surface area contributed by atoms with E-state index in [2.05, 4.69) is 31.0 Å². The Hall–Kier alpha value is -3.46. The summed E-state index contributed by atoms with van der Waals surface area (Å²) in [4.78, 5) is 32.7. The van der Waals surface area contributed by atoms with Crippen LogP contribution in [-0.4, -0.2) is 30.1 Å². The molecule has 8 nitrogen and oxygen atoms in total. The van der Waals surface area contributed by atoms with Crippen LogP contribution in [0.25, 0.3) is 0 Å². The van der Waals surface area contributed by atoms with Crippen molar-refractivity contribution in [3.05, 3.63) is 74.0 Å². The van der Waals surface area contributed by atoms with Gasteiger partial charge in [-0.15, -0.1) is 11.3 Å². The Morgan fingerprint density at radius 2 is 2.05 bits per heavy atom. The summed E-state index contributed by atoms with van der Waals surface area (Å²) < 4.78 is 5.39. The molecule has 0 spiro atoms. The van der Waals surface area contributed by atoms with Gasteiger partial charge in [0.2, 0.25) is 0 Å². The van der Waals surface area contributed by atoms with Crippen molar-refractivity contribution in [2.45, 2.75) is 60.4 Å². The van der Waals surface area contributed by atoms with E-state index in [0.29, 0.717) is 34.4 Å². The molecule has 2 aromatic heterocycles. The maximum Gasteiger partial charge on any atom is 0.270 e. The first kappa shape index (κ1) is 27.6. The molecule has 38 heavy (non-hydrogen) atoms. The fraction of sp³-hybridized carbons (Fsp3) is 0.448. The van der Waals surface area contributed by atoms with Gasteiger partial charge in [-0.25, -0.2) is 4.99 Å². The zero-order valence-corrected chi connectivity index (χ0v) is 23.6. The number of benzene rings is 1. The second-order valence-electron chi connectivity index (χ2n) is 10.7. The van der Waals surface area contributed by atoms with Gasteiger partial charge in [0.1, 0.15) is 10.8 Å². The number of carbonyl (C=O) groups excluding carboxylic acids is 1. The lowest BCUT2D eigenvalue weighted by molar-refractivity contribution is -0.384. The number of carbonyl (C=O) groups is 1. The van der Waals surface area contributed by atoms with Crippen LogP contribution < -0.4 is 10.2 Å². The fourth-order valence-electron chi connectivity index (χ4n) is 5.04. The highest BCUT2D eigenvalue weighted by atomic mass is 32.1. The number of aliphatic imine (C=N–C) groups is 1. The van der Waals surface area contributed by atoms with Gasteiger partial charge in [-0.2, -0.15) is 0 Å². The molecule has 2 heterocycles. The Labute approximate surface area is 227 Å². The molecule has 9 heteroatoms. The molecule has 1 amide bonds. The normalized spacial score (nSPS) is 15.4. The van der Waals surface area contributed by atoms with Crippen LogP contribution in [0.2, 0.25) is 0 Å². The highest BCUT2D eigenvalue weighted by Gasteiger charge is 2.33. The highest BCUT2D eigenvalue weighted by Crippen LogP contribution is 2.45. The maximum atomic E-state index is 13.5. The summed E-state index contributed by atoms with van der Waals surface area (Å²) in [6, 6.07) is 8.47. The zero-order chi connectivity index (χ0) is 27.4. The Bertz CT molecular complexity index is 1320. The number of nitro benzene ring substituents is 1. The zero-order valence-electron chi connectivity index (χ0n) is 22.7. The van der Waals surface area contributed by atoms with E-state index in [4.69, 9.17) is 9.41 Å². The van der Waals surface area contributed by atoms with Crippen LogP contribution in [0, 0.1) is 21.4 Å². The number of nitrogens with one attached hydrogen (secondary N) is 1. The maximum absolute atomic E-state index is 13.5. The van der Waals surface area contributed by atoms with Crippen LogP contribution in [-0.2, 0) is 19.4 Å². The summed E-state index contributed by atoms with van der Waals surface area (Å²) in [5, 5.41) is 15.1. The van der Waals surface area contributed by atoms with Crippen molar-refractivity contribution in [3.8, 4) is 0 Å². The average Bonchev–Trinajstić information content (AvgIpc) is 3.54. The molecule has 1 aromatic carbocycles. The minimum atomic E-state index is -0.395. The van der Waals surface area contributed by atoms with E-state index in [0.717, 1.165) is 43.6 Å². The third-order valence-corrected chi connectivity index (χ3v) is 8.51. The molecular weight excluding hydrogens is 500 g/mol. The van der Waals surface area contributed by atoms with Gasteiger partial charge in [0.25, 0.3) is 11.6 Å². The van der Waals surface area contributed by atoms with Crippen LogP contribution in [0.1, 0.15) is 73.2 Å². The number of hydrogen-bond donors (Lipinski definition) is 1. The molecule has 0 saturated carbocycles. The molecule has 1 N–H and O–H groups in total. The molecule has 1 atom stereocenters. The van der Waals surface area contributed by atoms with Gasteiger partial charge < -0.3 is 14.6 Å². The van der Waals surface area contributed by atoms with Crippen molar-refractivity contribution in [3.63, 3.8) is 0 Å². The highest BCUT2D eigenvalue weighted by molar-refractivity contribution is 7.16. The molecule has 0 unspecified atom stereocenters. The predicted molar refractivity (Wildman–Crippen MR) is 153 cm³/mol. The number of non-ortho nitro benzene ring substituents is 1. The summed E-state index contributed by atoms with van der Waals surface area (Å²) in [5.41, 5.74) is 3.40. The van der Waals surface area contributed by atoms with Gasteiger partial charge in [0.15, 0.2) is 0 Å². The molecule has 1 aliphatic carbocycles. The first-order valence-corrected chi connectivity index (χ1v) is 14.0. The quantitative estimate of drug-likeness (QED) is 0.182. The molecule has 0 saturated heterocycles. The summed E-state index contributed by atoms with van der Waals surface area (Å²) >= 11 is 1.56. The van der Waals surface area contributed by atoms with Gasteiger partial charge in [-0.05, 0) is 68.2 Å². The van der Waals surface area contributed by atoms with Crippen LogP contribution in [0.3, 0.4) is 0 Å². The number of anilines is 1. The lowest BCUT2D eigenvalue weighted by atomic mass is 9.72. The Morgan fingerprint density at radius 3 is 2.68 bits per heavy atom. The SMILES string of the molecule is CCN(CC)c1ccc([N+](=O)[O-])cc1C=Nc1sc2c(c1C(=O)NCc1ccco1)CC[C@@H](C(C)(C)C)C2. The molecule has 0 bridgehead atoms. The summed E-state index contributed by atoms with van der Waals surface area (Å²) in [7, 11) is 0. The van der Waals surface area contributed by atoms with E-state index in [9.17, 15) is 14.9 Å². The van der Waals surface area contributed by atoms with Gasteiger partial charge in [-0.1, -0.05) is 20.8 Å². The van der Waals surface area contributed by atoms with Crippen LogP contribution in [0.15, 0.2) is 46.0 Å². The number of rotatable bonds is 9. The van der Waals surface area contributed by atoms with Crippen molar-refractivity contribution in [1.29, 1.82) is 0 Å². The molecule has 3 aromatic rings. The molecule has 1 aliphatic rings. The third kappa shape index (κ3) is 5.99. The van der Waals surface area contributed by atoms with Crippen molar-refractivity contribution in [1.82, 2.24) is 5.32 Å². The standard InChI is InChI=1S/C29H36N4O4S/c1-6-32(7-2)24-13-11-21(33(35)36)15-19(24)17-31-28-26(27(34)30-18-22-9-8-14-37-22)23-12-10-20(29(3,4)5)16-25(23)38-28/h8-9,11,13-15,17,20H,6-7,10,12,16,18H2,1-5H3,(H,30,34)/t20-/m1/s1. The van der Waals surface area contributed by atoms with E-state index in [1.807, 2.05) is 19.9 Å². The average molecular weight is 537 g/mol.